The first-order valence-electron chi connectivity index (χ1n) is 7.21. The lowest BCUT2D eigenvalue weighted by Crippen LogP contribution is -2.00. The van der Waals surface area contributed by atoms with E-state index in [1.165, 1.54) is 17.8 Å². The van der Waals surface area contributed by atoms with Gasteiger partial charge in [-0.25, -0.2) is 9.78 Å². The molecule has 2 aromatic carbocycles. The van der Waals surface area contributed by atoms with Crippen molar-refractivity contribution in [1.82, 2.24) is 4.98 Å². The molecule has 2 heterocycles. The van der Waals surface area contributed by atoms with E-state index in [0.717, 1.165) is 27.6 Å². The molecule has 0 atom stereocenters. The molecule has 114 valence electrons. The monoisotopic (exact) mass is 323 g/mol. The first-order chi connectivity index (χ1) is 11.2. The molecule has 23 heavy (non-hydrogen) atoms. The molecule has 2 aromatic heterocycles. The summed E-state index contributed by atoms with van der Waals surface area (Å²) in [5.41, 5.74) is 3.86. The van der Waals surface area contributed by atoms with Crippen molar-refractivity contribution in [2.45, 2.75) is 17.9 Å². The van der Waals surface area contributed by atoms with Crippen molar-refractivity contribution >= 4 is 33.8 Å². The van der Waals surface area contributed by atoms with Gasteiger partial charge in [-0.05, 0) is 36.2 Å². The molecule has 0 saturated carbocycles. The van der Waals surface area contributed by atoms with Crippen LogP contribution in [0.4, 0.5) is 0 Å². The third kappa shape index (κ3) is 2.75. The number of oxazole rings is 1. The molecule has 0 aliphatic carbocycles. The first-order valence-corrected chi connectivity index (χ1v) is 8.19. The average molecular weight is 323 g/mol. The van der Waals surface area contributed by atoms with E-state index in [4.69, 9.17) is 8.83 Å². The predicted octanol–water partition coefficient (Wildman–Crippen LogP) is 4.53. The molecular weight excluding hydrogens is 310 g/mol. The van der Waals surface area contributed by atoms with E-state index in [1.807, 2.05) is 49.4 Å². The molecule has 0 radical (unpaired) electrons. The number of nitrogens with zero attached hydrogens (tertiary/aromatic N) is 1. The third-order valence-corrected chi connectivity index (χ3v) is 4.49. The summed E-state index contributed by atoms with van der Waals surface area (Å²) in [7, 11) is 0. The van der Waals surface area contributed by atoms with Crippen LogP contribution in [0, 0.1) is 6.92 Å². The highest BCUT2D eigenvalue weighted by Crippen LogP contribution is 2.28. The van der Waals surface area contributed by atoms with Crippen LogP contribution >= 0.6 is 11.8 Å². The number of benzene rings is 2. The predicted molar refractivity (Wildman–Crippen MR) is 90.8 cm³/mol. The van der Waals surface area contributed by atoms with Crippen molar-refractivity contribution in [1.29, 1.82) is 0 Å². The summed E-state index contributed by atoms with van der Waals surface area (Å²) in [6.45, 7) is 1.97. The van der Waals surface area contributed by atoms with Crippen LogP contribution in [0.15, 0.2) is 67.4 Å². The smallest absolute Gasteiger partial charge is 0.336 e. The van der Waals surface area contributed by atoms with Crippen molar-refractivity contribution in [2.75, 3.05) is 0 Å². The molecule has 0 spiro atoms. The number of para-hydroxylation sites is 2. The lowest BCUT2D eigenvalue weighted by atomic mass is 10.1. The summed E-state index contributed by atoms with van der Waals surface area (Å²) in [5, 5.41) is 1.54. The highest BCUT2D eigenvalue weighted by atomic mass is 32.2. The minimum absolute atomic E-state index is 0.337. The van der Waals surface area contributed by atoms with E-state index < -0.39 is 0 Å². The normalized spacial score (nSPS) is 11.3. The van der Waals surface area contributed by atoms with Crippen molar-refractivity contribution < 1.29 is 8.83 Å². The molecule has 0 saturated heterocycles. The number of aromatic nitrogens is 1. The van der Waals surface area contributed by atoms with E-state index in [1.54, 1.807) is 0 Å². The van der Waals surface area contributed by atoms with Gasteiger partial charge in [-0.1, -0.05) is 36.0 Å². The Morgan fingerprint density at radius 3 is 2.78 bits per heavy atom. The number of thioether (sulfide) groups is 1. The second kappa shape index (κ2) is 5.59. The van der Waals surface area contributed by atoms with E-state index >= 15 is 0 Å². The molecule has 5 heteroatoms. The summed E-state index contributed by atoms with van der Waals surface area (Å²) in [4.78, 5) is 16.2. The molecule has 0 unspecified atom stereocenters. The zero-order valence-electron chi connectivity index (χ0n) is 12.4. The summed E-state index contributed by atoms with van der Waals surface area (Å²) in [5.74, 6) is 0.595. The van der Waals surface area contributed by atoms with Gasteiger partial charge >= 0.3 is 5.63 Å². The van der Waals surface area contributed by atoms with Gasteiger partial charge in [-0.15, -0.1) is 0 Å². The number of rotatable bonds is 3. The number of hydrogen-bond donors (Lipinski definition) is 0. The molecule has 0 aliphatic heterocycles. The quantitative estimate of drug-likeness (QED) is 0.409. The van der Waals surface area contributed by atoms with Crippen molar-refractivity contribution in [3.63, 3.8) is 0 Å². The SMILES string of the molecule is Cc1ccc2c(CSc3nc4ccccc4o3)cc(=O)oc2c1. The van der Waals surface area contributed by atoms with E-state index in [2.05, 4.69) is 4.98 Å². The lowest BCUT2D eigenvalue weighted by molar-refractivity contribution is 0.489. The fourth-order valence-electron chi connectivity index (χ4n) is 2.51. The molecule has 4 nitrogen and oxygen atoms in total. The summed E-state index contributed by atoms with van der Waals surface area (Å²) < 4.78 is 11.0. The lowest BCUT2D eigenvalue weighted by Gasteiger charge is -2.04. The highest BCUT2D eigenvalue weighted by Gasteiger charge is 2.10. The number of fused-ring (bicyclic) bond motifs is 2. The Hall–Kier alpha value is -2.53. The fourth-order valence-corrected chi connectivity index (χ4v) is 3.34. The maximum Gasteiger partial charge on any atom is 0.336 e. The van der Waals surface area contributed by atoms with Crippen LogP contribution in [0.3, 0.4) is 0 Å². The van der Waals surface area contributed by atoms with Crippen molar-refractivity contribution in [3.05, 3.63) is 70.1 Å². The fraction of sp³-hybridized carbons (Fsp3) is 0.111. The Kier molecular flexibility index (Phi) is 3.42. The molecule has 0 aliphatic rings. The van der Waals surface area contributed by atoms with Gasteiger partial charge in [-0.3, -0.25) is 0 Å². The standard InChI is InChI=1S/C18H13NO3S/c1-11-6-7-13-12(9-17(20)21-16(13)8-11)10-23-18-19-14-4-2-3-5-15(14)22-18/h2-9H,10H2,1H3. The van der Waals surface area contributed by atoms with Crippen LogP contribution in [0.1, 0.15) is 11.1 Å². The molecular formula is C18H13NO3S. The largest absolute Gasteiger partial charge is 0.431 e. The van der Waals surface area contributed by atoms with Gasteiger partial charge in [0.1, 0.15) is 11.1 Å². The maximum atomic E-state index is 11.8. The molecule has 0 N–H and O–H groups in total. The second-order valence-corrected chi connectivity index (χ2v) is 6.25. The van der Waals surface area contributed by atoms with Gasteiger partial charge in [0.05, 0.1) is 0 Å². The number of hydrogen-bond acceptors (Lipinski definition) is 5. The Bertz CT molecular complexity index is 1030. The van der Waals surface area contributed by atoms with Gasteiger partial charge in [0, 0.05) is 17.2 Å². The van der Waals surface area contributed by atoms with Gasteiger partial charge in [0.2, 0.25) is 0 Å². The Labute approximate surface area is 136 Å². The van der Waals surface area contributed by atoms with Gasteiger partial charge < -0.3 is 8.83 Å². The summed E-state index contributed by atoms with van der Waals surface area (Å²) in [6, 6.07) is 15.1. The molecule has 0 fully saturated rings. The maximum absolute atomic E-state index is 11.8. The van der Waals surface area contributed by atoms with Crippen LogP contribution < -0.4 is 5.63 Å². The topological polar surface area (TPSA) is 56.2 Å². The van der Waals surface area contributed by atoms with Gasteiger partial charge in [0.25, 0.3) is 5.22 Å². The van der Waals surface area contributed by atoms with Crippen LogP contribution in [-0.2, 0) is 5.75 Å². The highest BCUT2D eigenvalue weighted by molar-refractivity contribution is 7.98. The first kappa shape index (κ1) is 14.1. The van der Waals surface area contributed by atoms with Crippen LogP contribution in [0.5, 0.6) is 0 Å². The Balaban J connectivity index is 1.68. The Morgan fingerprint density at radius 1 is 1.04 bits per heavy atom. The van der Waals surface area contributed by atoms with Crippen LogP contribution in [-0.4, -0.2) is 4.98 Å². The minimum atomic E-state index is -0.337. The zero-order valence-corrected chi connectivity index (χ0v) is 13.2. The van der Waals surface area contributed by atoms with Gasteiger partial charge in [-0.2, -0.15) is 0 Å². The third-order valence-electron chi connectivity index (χ3n) is 3.61. The Morgan fingerprint density at radius 2 is 1.91 bits per heavy atom. The van der Waals surface area contributed by atoms with E-state index in [-0.39, 0.29) is 5.63 Å². The summed E-state index contributed by atoms with van der Waals surface area (Å²) in [6.07, 6.45) is 0. The van der Waals surface area contributed by atoms with Gasteiger partial charge in [0.15, 0.2) is 5.58 Å². The van der Waals surface area contributed by atoms with E-state index in [0.29, 0.717) is 16.6 Å². The second-order valence-electron chi connectivity index (χ2n) is 5.33. The molecule has 0 amide bonds. The van der Waals surface area contributed by atoms with Crippen molar-refractivity contribution in [3.8, 4) is 0 Å². The molecule has 4 rings (SSSR count). The zero-order chi connectivity index (χ0) is 15.8. The molecule has 0 bridgehead atoms. The summed E-state index contributed by atoms with van der Waals surface area (Å²) >= 11 is 1.47. The average Bonchev–Trinajstić information content (AvgIpc) is 2.94. The number of aryl methyl sites for hydroxylation is 1. The minimum Gasteiger partial charge on any atom is -0.431 e. The van der Waals surface area contributed by atoms with Crippen LogP contribution in [0.25, 0.3) is 22.1 Å². The van der Waals surface area contributed by atoms with Crippen molar-refractivity contribution in [2.24, 2.45) is 0 Å². The van der Waals surface area contributed by atoms with Crippen LogP contribution in [0.2, 0.25) is 0 Å². The molecule has 4 aromatic rings. The van der Waals surface area contributed by atoms with E-state index in [9.17, 15) is 4.79 Å².